The molecule has 0 radical (unpaired) electrons. The monoisotopic (exact) mass is 537 g/mol. The average molecular weight is 538 g/mol. The number of nitrogens with one attached hydrogen (secondary N) is 1. The van der Waals surface area contributed by atoms with Crippen molar-refractivity contribution in [2.75, 3.05) is 20.1 Å². The largest absolute Gasteiger partial charge is 0.406 e. The third kappa shape index (κ3) is 4.96. The van der Waals surface area contributed by atoms with Gasteiger partial charge in [-0.25, -0.2) is 4.79 Å². The lowest BCUT2D eigenvalue weighted by Gasteiger charge is -2.60. The van der Waals surface area contributed by atoms with Gasteiger partial charge in [0.15, 0.2) is 0 Å². The summed E-state index contributed by atoms with van der Waals surface area (Å²) < 4.78 is 77.6. The van der Waals surface area contributed by atoms with Crippen molar-refractivity contribution in [1.29, 1.82) is 0 Å². The van der Waals surface area contributed by atoms with Gasteiger partial charge in [-0.2, -0.15) is 26.3 Å². The highest BCUT2D eigenvalue weighted by atomic mass is 19.4. The van der Waals surface area contributed by atoms with Crippen LogP contribution in [0.5, 0.6) is 0 Å². The summed E-state index contributed by atoms with van der Waals surface area (Å²) in [6.45, 7) is 0.254. The van der Waals surface area contributed by atoms with Gasteiger partial charge in [-0.3, -0.25) is 14.5 Å². The summed E-state index contributed by atoms with van der Waals surface area (Å²) in [5.74, 6) is -1.55. The molecule has 37 heavy (non-hydrogen) atoms. The van der Waals surface area contributed by atoms with Crippen LogP contribution in [-0.4, -0.2) is 66.2 Å². The first-order chi connectivity index (χ1) is 17.0. The zero-order valence-electron chi connectivity index (χ0n) is 21.1. The van der Waals surface area contributed by atoms with Gasteiger partial charge >= 0.3 is 18.4 Å². The van der Waals surface area contributed by atoms with Gasteiger partial charge < -0.3 is 10.2 Å². The van der Waals surface area contributed by atoms with Crippen LogP contribution in [0.4, 0.5) is 31.1 Å². The number of fused-ring (bicyclic) bond motifs is 5. The van der Waals surface area contributed by atoms with Crippen LogP contribution in [-0.2, 0) is 9.59 Å². The van der Waals surface area contributed by atoms with Crippen molar-refractivity contribution in [3.63, 3.8) is 0 Å². The summed E-state index contributed by atoms with van der Waals surface area (Å²) in [6.07, 6.45) is -2.47. The van der Waals surface area contributed by atoms with E-state index < -0.39 is 48.7 Å². The molecule has 0 aromatic heterocycles. The first kappa shape index (κ1) is 27.8. The van der Waals surface area contributed by atoms with E-state index in [4.69, 9.17) is 0 Å². The predicted molar refractivity (Wildman–Crippen MR) is 121 cm³/mol. The second-order valence-corrected chi connectivity index (χ2v) is 11.6. The van der Waals surface area contributed by atoms with Crippen molar-refractivity contribution < 1.29 is 40.7 Å². The van der Waals surface area contributed by atoms with E-state index in [9.17, 15) is 40.7 Å². The van der Waals surface area contributed by atoms with E-state index in [-0.39, 0.29) is 46.4 Å². The number of rotatable bonds is 3. The lowest BCUT2D eigenvalue weighted by atomic mass is 9.47. The summed E-state index contributed by atoms with van der Waals surface area (Å²) in [6, 6.07) is -1.64. The smallest absolute Gasteiger partial charge is 0.338 e. The molecule has 0 bridgehead atoms. The van der Waals surface area contributed by atoms with Crippen molar-refractivity contribution in [2.24, 2.45) is 34.5 Å². The molecule has 1 aliphatic heterocycles. The lowest BCUT2D eigenvalue weighted by Crippen LogP contribution is -2.60. The third-order valence-corrected chi connectivity index (χ3v) is 9.71. The molecule has 1 heterocycles. The molecule has 0 aromatic carbocycles. The van der Waals surface area contributed by atoms with E-state index in [1.807, 2.05) is 13.0 Å². The summed E-state index contributed by atoms with van der Waals surface area (Å²) >= 11 is 0. The van der Waals surface area contributed by atoms with E-state index >= 15 is 0 Å². The number of hydrogen-bond donors (Lipinski definition) is 1. The van der Waals surface area contributed by atoms with Gasteiger partial charge in [0.1, 0.15) is 13.1 Å². The fourth-order valence-electron chi connectivity index (χ4n) is 8.03. The van der Waals surface area contributed by atoms with Crippen molar-refractivity contribution in [3.05, 3.63) is 12.2 Å². The molecule has 7 atom stereocenters. The molecule has 4 aliphatic rings. The Labute approximate surface area is 211 Å². The molecule has 4 rings (SSSR count). The van der Waals surface area contributed by atoms with E-state index in [2.05, 4.69) is 6.92 Å². The highest BCUT2D eigenvalue weighted by Gasteiger charge is 2.62. The number of carbonyl (C=O) groups excluding carboxylic acids is 3. The zero-order valence-corrected chi connectivity index (χ0v) is 21.1. The number of hydrogen-bond acceptors (Lipinski definition) is 3. The van der Waals surface area contributed by atoms with Gasteiger partial charge in [-0.1, -0.05) is 19.9 Å². The molecule has 3 aliphatic carbocycles. The van der Waals surface area contributed by atoms with Crippen LogP contribution in [0.25, 0.3) is 0 Å². The maximum absolute atomic E-state index is 13.4. The number of urea groups is 1. The lowest BCUT2D eigenvalue weighted by molar-refractivity contribution is -0.163. The number of imide groups is 1. The Balaban J connectivity index is 1.57. The summed E-state index contributed by atoms with van der Waals surface area (Å²) in [5, 5.41) is 1.42. The molecule has 1 N–H and O–H groups in total. The summed E-state index contributed by atoms with van der Waals surface area (Å²) in [5.41, 5.74) is -0.926. The Morgan fingerprint density at radius 2 is 1.70 bits per heavy atom. The Bertz CT molecular complexity index is 982. The van der Waals surface area contributed by atoms with Crippen LogP contribution >= 0.6 is 0 Å². The number of nitrogens with zero attached hydrogens (tertiary/aromatic N) is 2. The molecule has 12 heteroatoms. The molecular formula is C25H33F6N3O3. The summed E-state index contributed by atoms with van der Waals surface area (Å²) in [7, 11) is 1.80. The first-order valence-corrected chi connectivity index (χ1v) is 12.7. The van der Waals surface area contributed by atoms with Gasteiger partial charge in [0.2, 0.25) is 11.8 Å². The van der Waals surface area contributed by atoms with Crippen LogP contribution in [0.1, 0.15) is 52.4 Å². The van der Waals surface area contributed by atoms with Crippen LogP contribution in [0, 0.1) is 34.5 Å². The van der Waals surface area contributed by atoms with Crippen molar-refractivity contribution in [1.82, 2.24) is 15.1 Å². The van der Waals surface area contributed by atoms with E-state index in [0.29, 0.717) is 19.3 Å². The molecule has 1 unspecified atom stereocenters. The van der Waals surface area contributed by atoms with Gasteiger partial charge in [-0.15, -0.1) is 0 Å². The first-order valence-electron chi connectivity index (χ1n) is 12.7. The number of likely N-dealkylation sites (N-methyl/N-ethyl adjacent to an activating group) is 1. The summed E-state index contributed by atoms with van der Waals surface area (Å²) in [4.78, 5) is 39.7. The highest BCUT2D eigenvalue weighted by Crippen LogP contribution is 2.65. The van der Waals surface area contributed by atoms with Gasteiger partial charge in [-0.05, 0) is 67.8 Å². The number of halogens is 6. The molecule has 4 amide bonds. The Hall–Kier alpha value is -2.27. The van der Waals surface area contributed by atoms with Gasteiger partial charge in [0.25, 0.3) is 0 Å². The van der Waals surface area contributed by atoms with E-state index in [1.165, 1.54) is 5.32 Å². The third-order valence-electron chi connectivity index (χ3n) is 9.71. The van der Waals surface area contributed by atoms with Crippen LogP contribution < -0.4 is 5.32 Å². The predicted octanol–water partition coefficient (Wildman–Crippen LogP) is 4.90. The second-order valence-electron chi connectivity index (χ2n) is 11.6. The topological polar surface area (TPSA) is 69.7 Å². The molecule has 0 spiro atoms. The average Bonchev–Trinajstić information content (AvgIpc) is 3.14. The minimum atomic E-state index is -4.95. The van der Waals surface area contributed by atoms with Crippen LogP contribution in [0.3, 0.4) is 0 Å². The number of amides is 4. The standard InChI is InChI=1S/C25H33F6N3O3/c1-22-10-8-16-14(4-7-18-23(16,2)11-9-19(35)33(18)3)15(22)5-6-17(22)20(36)34(13-25(29,30)31)21(37)32-12-24(26,27)28/h9,11,14-18H,4-8,10,12-13H2,1-3H3,(H,32,37)/t14-,15+,16+,17-,18?,22+,23-/m1/s1. The number of alkyl halides is 6. The Kier molecular flexibility index (Phi) is 6.89. The molecule has 3 saturated carbocycles. The van der Waals surface area contributed by atoms with Crippen molar-refractivity contribution in [2.45, 2.75) is 70.8 Å². The SMILES string of the molecule is CN1C(=O)C=C[C@@]2(C)C1CC[C@@H]1[C@@H]3CC[C@H](C(=O)N(CC(F)(F)F)C(=O)NCC(F)(F)F)[C@@]3(C)CC[C@@H]12. The van der Waals surface area contributed by atoms with Crippen LogP contribution in [0.15, 0.2) is 12.2 Å². The highest BCUT2D eigenvalue weighted by molar-refractivity contribution is 5.96. The quantitative estimate of drug-likeness (QED) is 0.521. The Morgan fingerprint density at radius 1 is 1.03 bits per heavy atom. The fraction of sp³-hybridized carbons (Fsp3) is 0.800. The molecule has 3 fully saturated rings. The van der Waals surface area contributed by atoms with E-state index in [0.717, 1.165) is 12.8 Å². The molecule has 6 nitrogen and oxygen atoms in total. The van der Waals surface area contributed by atoms with E-state index in [1.54, 1.807) is 18.0 Å². The van der Waals surface area contributed by atoms with Gasteiger partial charge in [0, 0.05) is 24.4 Å². The normalized spacial score (nSPS) is 37.5. The van der Waals surface area contributed by atoms with Gasteiger partial charge in [0.05, 0.1) is 0 Å². The van der Waals surface area contributed by atoms with Crippen molar-refractivity contribution in [3.8, 4) is 0 Å². The fourth-order valence-corrected chi connectivity index (χ4v) is 8.03. The zero-order chi connectivity index (χ0) is 27.6. The maximum Gasteiger partial charge on any atom is 0.406 e. The molecular weight excluding hydrogens is 504 g/mol. The number of carbonyl (C=O) groups is 3. The molecule has 0 saturated heterocycles. The molecule has 208 valence electrons. The molecule has 0 aromatic rings. The Morgan fingerprint density at radius 3 is 2.32 bits per heavy atom. The van der Waals surface area contributed by atoms with Crippen molar-refractivity contribution >= 4 is 17.8 Å². The van der Waals surface area contributed by atoms with Crippen LogP contribution in [0.2, 0.25) is 0 Å². The second kappa shape index (κ2) is 9.18. The maximum atomic E-state index is 13.4. The minimum Gasteiger partial charge on any atom is -0.338 e. The minimum absolute atomic E-state index is 0.0280.